The van der Waals surface area contributed by atoms with Crippen molar-refractivity contribution in [2.75, 3.05) is 0 Å². The van der Waals surface area contributed by atoms with E-state index < -0.39 is 11.9 Å². The van der Waals surface area contributed by atoms with E-state index in [-0.39, 0.29) is 11.0 Å². The van der Waals surface area contributed by atoms with Gasteiger partial charge in [0.05, 0.1) is 11.4 Å². The number of aryl methyl sites for hydroxylation is 1. The highest BCUT2D eigenvalue weighted by atomic mass is 35.5. The molecule has 136 valence electrons. The smallest absolute Gasteiger partial charge is 0.218 e. The van der Waals surface area contributed by atoms with Crippen molar-refractivity contribution in [3.8, 4) is 16.4 Å². The lowest BCUT2D eigenvalue weighted by Crippen LogP contribution is -2.18. The fourth-order valence-corrected chi connectivity index (χ4v) is 4.20. The summed E-state index contributed by atoms with van der Waals surface area (Å²) in [7, 11) is 0. The molecule has 3 aromatic rings. The van der Waals surface area contributed by atoms with Crippen molar-refractivity contribution in [2.45, 2.75) is 32.4 Å². The number of halogens is 4. The minimum absolute atomic E-state index is 0.224. The highest BCUT2D eigenvalue weighted by molar-refractivity contribution is 7.12. The average molecular weight is 398 g/mol. The zero-order valence-corrected chi connectivity index (χ0v) is 15.4. The van der Waals surface area contributed by atoms with Crippen molar-refractivity contribution < 1.29 is 13.2 Å². The van der Waals surface area contributed by atoms with E-state index in [4.69, 9.17) is 11.6 Å². The number of aromatic nitrogens is 3. The van der Waals surface area contributed by atoms with Gasteiger partial charge in [-0.05, 0) is 37.3 Å². The highest BCUT2D eigenvalue weighted by Gasteiger charge is 2.42. The Hall–Kier alpha value is -1.86. The first-order valence-electron chi connectivity index (χ1n) is 8.22. The quantitative estimate of drug-likeness (QED) is 0.547. The normalized spacial score (nSPS) is 17.3. The topological polar surface area (TPSA) is 30.7 Å². The zero-order valence-electron chi connectivity index (χ0n) is 13.8. The van der Waals surface area contributed by atoms with Crippen LogP contribution in [0.3, 0.4) is 0 Å². The molecule has 0 fully saturated rings. The molecule has 1 aliphatic carbocycles. The molecule has 2 heterocycles. The zero-order chi connectivity index (χ0) is 18.5. The van der Waals surface area contributed by atoms with E-state index in [9.17, 15) is 13.2 Å². The number of benzene rings is 1. The Morgan fingerprint density at radius 2 is 1.96 bits per heavy atom. The van der Waals surface area contributed by atoms with Crippen LogP contribution in [0.25, 0.3) is 16.4 Å². The predicted octanol–water partition coefficient (Wildman–Crippen LogP) is 5.79. The van der Waals surface area contributed by atoms with Gasteiger partial charge in [-0.15, -0.1) is 11.3 Å². The van der Waals surface area contributed by atoms with Crippen LogP contribution in [0.5, 0.6) is 0 Å². The molecule has 0 aliphatic heterocycles. The predicted molar refractivity (Wildman–Crippen MR) is 95.9 cm³/mol. The molecule has 0 unspecified atom stereocenters. The second-order valence-corrected chi connectivity index (χ2v) is 7.83. The van der Waals surface area contributed by atoms with Gasteiger partial charge < -0.3 is 0 Å². The second kappa shape index (κ2) is 6.39. The first-order valence-corrected chi connectivity index (χ1v) is 9.48. The molecular weight excluding hydrogens is 383 g/mol. The van der Waals surface area contributed by atoms with Crippen LogP contribution >= 0.6 is 22.9 Å². The molecular formula is C18H15ClF3N3S. The lowest BCUT2D eigenvalue weighted by Gasteiger charge is -2.18. The van der Waals surface area contributed by atoms with Crippen LogP contribution in [0, 0.1) is 5.92 Å². The molecule has 3 nitrogen and oxygen atoms in total. The molecule has 4 rings (SSSR count). The van der Waals surface area contributed by atoms with E-state index in [0.717, 1.165) is 28.0 Å². The molecule has 1 aromatic carbocycles. The fraction of sp³-hybridized carbons (Fsp3) is 0.333. The van der Waals surface area contributed by atoms with Gasteiger partial charge in [-0.25, -0.2) is 9.67 Å². The maximum atomic E-state index is 13.8. The first kappa shape index (κ1) is 17.5. The van der Waals surface area contributed by atoms with E-state index in [1.54, 1.807) is 29.6 Å². The second-order valence-electron chi connectivity index (χ2n) is 6.55. The van der Waals surface area contributed by atoms with Crippen LogP contribution in [-0.4, -0.2) is 14.8 Å². The Bertz CT molecular complexity index is 944. The van der Waals surface area contributed by atoms with Crippen LogP contribution in [0.15, 0.2) is 29.6 Å². The SMILES string of the molecule is C[C@@H]1CCc2nn(-c3nc(-c4ccc(Cl)cc4)cs3)c(C(F)(F)F)c2C1. The number of thiazole rings is 1. The Morgan fingerprint density at radius 1 is 1.23 bits per heavy atom. The monoisotopic (exact) mass is 397 g/mol. The number of rotatable bonds is 2. The van der Waals surface area contributed by atoms with Crippen molar-refractivity contribution >= 4 is 22.9 Å². The Morgan fingerprint density at radius 3 is 2.65 bits per heavy atom. The lowest BCUT2D eigenvalue weighted by atomic mass is 9.87. The van der Waals surface area contributed by atoms with Crippen LogP contribution in [0.4, 0.5) is 13.2 Å². The highest BCUT2D eigenvalue weighted by Crippen LogP contribution is 2.39. The number of alkyl halides is 3. The van der Waals surface area contributed by atoms with E-state index in [0.29, 0.717) is 34.8 Å². The Kier molecular flexibility index (Phi) is 4.31. The molecule has 0 spiro atoms. The molecule has 0 saturated heterocycles. The van der Waals surface area contributed by atoms with Crippen molar-refractivity contribution in [3.63, 3.8) is 0 Å². The van der Waals surface area contributed by atoms with Crippen molar-refractivity contribution in [2.24, 2.45) is 5.92 Å². The van der Waals surface area contributed by atoms with E-state index in [1.807, 2.05) is 6.92 Å². The summed E-state index contributed by atoms with van der Waals surface area (Å²) in [5.41, 5.74) is 1.59. The molecule has 0 saturated carbocycles. The molecule has 0 N–H and O–H groups in total. The van der Waals surface area contributed by atoms with Crippen molar-refractivity contribution in [1.82, 2.24) is 14.8 Å². The minimum Gasteiger partial charge on any atom is -0.218 e. The average Bonchev–Trinajstić information content (AvgIpc) is 3.18. The van der Waals surface area contributed by atoms with Crippen molar-refractivity contribution in [3.05, 3.63) is 51.6 Å². The third-order valence-electron chi connectivity index (χ3n) is 4.57. The Labute approximate surface area is 157 Å². The molecule has 1 aliphatic rings. The number of nitrogens with zero attached hydrogens (tertiary/aromatic N) is 3. The summed E-state index contributed by atoms with van der Waals surface area (Å²) in [6.07, 6.45) is -2.64. The molecule has 26 heavy (non-hydrogen) atoms. The largest absolute Gasteiger partial charge is 0.433 e. The summed E-state index contributed by atoms with van der Waals surface area (Å²) >= 11 is 7.04. The minimum atomic E-state index is -4.47. The first-order chi connectivity index (χ1) is 12.3. The third-order valence-corrected chi connectivity index (χ3v) is 5.64. The summed E-state index contributed by atoms with van der Waals surface area (Å²) in [6, 6.07) is 7.04. The van der Waals surface area contributed by atoms with Gasteiger partial charge in [0, 0.05) is 21.5 Å². The van der Waals surface area contributed by atoms with Gasteiger partial charge in [-0.2, -0.15) is 18.3 Å². The third kappa shape index (κ3) is 3.14. The van der Waals surface area contributed by atoms with E-state index in [1.165, 1.54) is 0 Å². The molecule has 1 atom stereocenters. The summed E-state index contributed by atoms with van der Waals surface area (Å²) in [5, 5.41) is 6.83. The van der Waals surface area contributed by atoms with E-state index >= 15 is 0 Å². The number of fused-ring (bicyclic) bond motifs is 1. The molecule has 2 aromatic heterocycles. The maximum absolute atomic E-state index is 13.8. The summed E-state index contributed by atoms with van der Waals surface area (Å²) in [6.45, 7) is 1.97. The van der Waals surface area contributed by atoms with Crippen molar-refractivity contribution in [1.29, 1.82) is 0 Å². The number of hydrogen-bond acceptors (Lipinski definition) is 3. The summed E-state index contributed by atoms with van der Waals surface area (Å²) in [4.78, 5) is 4.39. The Balaban J connectivity index is 1.80. The van der Waals surface area contributed by atoms with Gasteiger partial charge in [0.1, 0.15) is 0 Å². The molecule has 0 bridgehead atoms. The van der Waals surface area contributed by atoms with Gasteiger partial charge in [-0.3, -0.25) is 0 Å². The summed E-state index contributed by atoms with van der Waals surface area (Å²) < 4.78 is 42.3. The van der Waals surface area contributed by atoms with Gasteiger partial charge in [0.25, 0.3) is 0 Å². The van der Waals surface area contributed by atoms with E-state index in [2.05, 4.69) is 10.1 Å². The molecule has 0 radical (unpaired) electrons. The van der Waals surface area contributed by atoms with Crippen LogP contribution < -0.4 is 0 Å². The van der Waals surface area contributed by atoms with Crippen LogP contribution in [0.1, 0.15) is 30.3 Å². The summed E-state index contributed by atoms with van der Waals surface area (Å²) in [5.74, 6) is 0.224. The van der Waals surface area contributed by atoms with Crippen LogP contribution in [-0.2, 0) is 19.0 Å². The number of hydrogen-bond donors (Lipinski definition) is 0. The van der Waals surface area contributed by atoms with Gasteiger partial charge in [0.2, 0.25) is 5.13 Å². The molecule has 8 heteroatoms. The molecule has 0 amide bonds. The van der Waals surface area contributed by atoms with Gasteiger partial charge in [0.15, 0.2) is 5.69 Å². The maximum Gasteiger partial charge on any atom is 0.433 e. The van der Waals surface area contributed by atoms with Gasteiger partial charge in [-0.1, -0.05) is 30.7 Å². The fourth-order valence-electron chi connectivity index (χ4n) is 3.29. The van der Waals surface area contributed by atoms with Gasteiger partial charge >= 0.3 is 6.18 Å². The lowest BCUT2D eigenvalue weighted by molar-refractivity contribution is -0.143. The standard InChI is InChI=1S/C18H15ClF3N3S/c1-10-2-7-14-13(8-10)16(18(20,21)22)25(24-14)17-23-15(9-26-17)11-3-5-12(19)6-4-11/h3-6,9-10H,2,7-8H2,1H3/t10-/m1/s1. The van der Waals surface area contributed by atoms with Crippen LogP contribution in [0.2, 0.25) is 5.02 Å².